The van der Waals surface area contributed by atoms with Crippen molar-refractivity contribution in [3.05, 3.63) is 52.1 Å². The molecule has 0 saturated carbocycles. The largest absolute Gasteiger partial charge is 0.507 e. The third-order valence-electron chi connectivity index (χ3n) is 6.96. The Hall–Kier alpha value is -2.21. The lowest BCUT2D eigenvalue weighted by molar-refractivity contribution is -0.143. The van der Waals surface area contributed by atoms with Crippen molar-refractivity contribution in [2.45, 2.75) is 113 Å². The molecule has 0 heterocycles. The third kappa shape index (κ3) is 13.0. The van der Waals surface area contributed by atoms with Gasteiger partial charge in [-0.1, -0.05) is 97.7 Å². The van der Waals surface area contributed by atoms with Gasteiger partial charge in [-0.15, -0.1) is 0 Å². The van der Waals surface area contributed by atoms with Gasteiger partial charge in [0, 0.05) is 24.3 Å². The summed E-state index contributed by atoms with van der Waals surface area (Å²) in [7, 11) is 0. The Kier molecular flexibility index (Phi) is 14.1. The highest BCUT2D eigenvalue weighted by Gasteiger charge is 2.26. The molecule has 0 aliphatic carbocycles. The molecule has 0 fully saturated rings. The van der Waals surface area contributed by atoms with E-state index in [-0.39, 0.29) is 28.2 Å². The summed E-state index contributed by atoms with van der Waals surface area (Å²) in [6, 6.07) is 4.02. The molecule has 0 spiro atoms. The van der Waals surface area contributed by atoms with Crippen molar-refractivity contribution in [3.8, 4) is 5.75 Å². The normalized spacial score (nSPS) is 13.4. The van der Waals surface area contributed by atoms with Gasteiger partial charge in [-0.3, -0.25) is 9.59 Å². The first-order chi connectivity index (χ1) is 18.4. The van der Waals surface area contributed by atoms with Crippen LogP contribution in [0.1, 0.15) is 112 Å². The average Bonchev–Trinajstić information content (AvgIpc) is 2.82. The number of ether oxygens (including phenoxy) is 2. The van der Waals surface area contributed by atoms with Gasteiger partial charge >= 0.3 is 11.9 Å². The van der Waals surface area contributed by atoms with E-state index in [2.05, 4.69) is 81.4 Å². The molecule has 0 aliphatic heterocycles. The molecule has 0 amide bonds. The number of phenolic OH excluding ortho intramolecular Hbond substituents is 1. The van der Waals surface area contributed by atoms with Crippen LogP contribution in [0.3, 0.4) is 0 Å². The fraction of sp³-hybridized carbons (Fsp3) is 0.647. The zero-order valence-electron chi connectivity index (χ0n) is 27.0. The Labute approximate surface area is 248 Å². The van der Waals surface area contributed by atoms with Crippen molar-refractivity contribution >= 4 is 23.7 Å². The second-order valence-electron chi connectivity index (χ2n) is 13.5. The number of aryl methyl sites for hydroxylation is 1. The van der Waals surface area contributed by atoms with Crippen LogP contribution in [0.25, 0.3) is 0 Å². The Bertz CT molecular complexity index is 1010. The van der Waals surface area contributed by atoms with Crippen molar-refractivity contribution in [1.29, 1.82) is 0 Å². The van der Waals surface area contributed by atoms with Crippen molar-refractivity contribution in [3.63, 3.8) is 0 Å². The van der Waals surface area contributed by atoms with Crippen LogP contribution in [0, 0.1) is 5.41 Å². The SMILES string of the molecule is C/C=C(\C=C(/C)C(C)(C)C)CCC(=O)OCCSCCOC(=O)CCc1cc(C(C)(C)C)c(O)c(C(C)(C)C)c1. The van der Waals surface area contributed by atoms with E-state index in [9.17, 15) is 14.7 Å². The molecule has 6 heteroatoms. The van der Waals surface area contributed by atoms with Gasteiger partial charge < -0.3 is 14.6 Å². The standard InChI is InChI=1S/C34H54O5S/c1-12-25(21-24(2)32(3,4)5)13-15-29(35)38-17-19-40-20-18-39-30(36)16-14-26-22-27(33(6,7)8)31(37)28(23-26)34(9,10)11/h12,21-23,37H,13-20H2,1-11H3/b24-21+,25-12-. The molecule has 1 N–H and O–H groups in total. The number of phenols is 1. The second kappa shape index (κ2) is 15.7. The maximum absolute atomic E-state index is 12.3. The summed E-state index contributed by atoms with van der Waals surface area (Å²) in [5, 5.41) is 10.9. The monoisotopic (exact) mass is 574 g/mol. The highest BCUT2D eigenvalue weighted by Crippen LogP contribution is 2.40. The predicted octanol–water partition coefficient (Wildman–Crippen LogP) is 8.46. The summed E-state index contributed by atoms with van der Waals surface area (Å²) >= 11 is 1.60. The van der Waals surface area contributed by atoms with Crippen LogP contribution in [-0.2, 0) is 36.3 Å². The number of esters is 2. The summed E-state index contributed by atoms with van der Waals surface area (Å²) in [6.07, 6.45) is 6.11. The molecule has 0 aromatic heterocycles. The Balaban J connectivity index is 2.37. The lowest BCUT2D eigenvalue weighted by Gasteiger charge is -2.28. The molecule has 0 unspecified atom stereocenters. The predicted molar refractivity (Wildman–Crippen MR) is 169 cm³/mol. The summed E-state index contributed by atoms with van der Waals surface area (Å²) in [6.45, 7) is 23.8. The minimum atomic E-state index is -0.231. The minimum Gasteiger partial charge on any atom is -0.507 e. The van der Waals surface area contributed by atoms with Crippen molar-refractivity contribution in [2.75, 3.05) is 24.7 Å². The fourth-order valence-electron chi connectivity index (χ4n) is 3.94. The minimum absolute atomic E-state index is 0.111. The highest BCUT2D eigenvalue weighted by atomic mass is 32.2. The van der Waals surface area contributed by atoms with Gasteiger partial charge in [0.05, 0.1) is 0 Å². The van der Waals surface area contributed by atoms with Crippen LogP contribution in [0.15, 0.2) is 35.4 Å². The molecule has 0 aliphatic rings. The molecule has 0 radical (unpaired) electrons. The number of carbonyl (C=O) groups is 2. The highest BCUT2D eigenvalue weighted by molar-refractivity contribution is 7.99. The second-order valence-corrected chi connectivity index (χ2v) is 14.8. The number of benzene rings is 1. The molecule has 5 nitrogen and oxygen atoms in total. The van der Waals surface area contributed by atoms with E-state index in [4.69, 9.17) is 9.47 Å². The molecular weight excluding hydrogens is 520 g/mol. The first-order valence-corrected chi connectivity index (χ1v) is 15.6. The lowest BCUT2D eigenvalue weighted by atomic mass is 9.78. The van der Waals surface area contributed by atoms with Gasteiger partial charge in [-0.2, -0.15) is 11.8 Å². The molecule has 1 aromatic carbocycles. The Morgan fingerprint density at radius 3 is 1.73 bits per heavy atom. The van der Waals surface area contributed by atoms with E-state index in [1.165, 1.54) is 5.57 Å². The Morgan fingerprint density at radius 2 is 1.30 bits per heavy atom. The van der Waals surface area contributed by atoms with Crippen LogP contribution < -0.4 is 0 Å². The summed E-state index contributed by atoms with van der Waals surface area (Å²) in [5.41, 5.74) is 4.97. The van der Waals surface area contributed by atoms with Crippen molar-refractivity contribution in [2.24, 2.45) is 5.41 Å². The topological polar surface area (TPSA) is 72.8 Å². The van der Waals surface area contributed by atoms with E-state index < -0.39 is 0 Å². The maximum atomic E-state index is 12.3. The van der Waals surface area contributed by atoms with Crippen LogP contribution in [0.5, 0.6) is 5.75 Å². The van der Waals surface area contributed by atoms with Gasteiger partial charge in [-0.25, -0.2) is 0 Å². The first kappa shape index (κ1) is 35.8. The van der Waals surface area contributed by atoms with Gasteiger partial charge in [0.2, 0.25) is 0 Å². The molecule has 1 aromatic rings. The smallest absolute Gasteiger partial charge is 0.306 e. The molecular formula is C34H54O5S. The van der Waals surface area contributed by atoms with Crippen molar-refractivity contribution in [1.82, 2.24) is 0 Å². The number of rotatable bonds is 13. The van der Waals surface area contributed by atoms with Crippen LogP contribution in [0.2, 0.25) is 0 Å². The molecule has 226 valence electrons. The molecule has 0 saturated heterocycles. The lowest BCUT2D eigenvalue weighted by Crippen LogP contribution is -2.18. The molecule has 0 atom stereocenters. The van der Waals surface area contributed by atoms with Crippen LogP contribution in [-0.4, -0.2) is 41.8 Å². The first-order valence-electron chi connectivity index (χ1n) is 14.5. The fourth-order valence-corrected chi connectivity index (χ4v) is 4.55. The maximum Gasteiger partial charge on any atom is 0.306 e. The van der Waals surface area contributed by atoms with Gasteiger partial charge in [0.1, 0.15) is 19.0 Å². The summed E-state index contributed by atoms with van der Waals surface area (Å²) in [5.74, 6) is 1.25. The summed E-state index contributed by atoms with van der Waals surface area (Å²) < 4.78 is 10.8. The number of thioether (sulfide) groups is 1. The zero-order chi connectivity index (χ0) is 30.7. The number of allylic oxidation sites excluding steroid dienone is 4. The quantitative estimate of drug-likeness (QED) is 0.145. The zero-order valence-corrected chi connectivity index (χ0v) is 27.8. The van der Waals surface area contributed by atoms with E-state index in [0.717, 1.165) is 22.3 Å². The average molecular weight is 575 g/mol. The number of hydrogen-bond acceptors (Lipinski definition) is 6. The molecule has 1 rings (SSSR count). The summed E-state index contributed by atoms with van der Waals surface area (Å²) in [4.78, 5) is 24.5. The molecule has 40 heavy (non-hydrogen) atoms. The van der Waals surface area contributed by atoms with Gasteiger partial charge in [-0.05, 0) is 59.6 Å². The van der Waals surface area contributed by atoms with Gasteiger partial charge in [0.25, 0.3) is 0 Å². The number of aromatic hydroxyl groups is 1. The third-order valence-corrected chi connectivity index (χ3v) is 7.87. The number of hydrogen-bond donors (Lipinski definition) is 1. The Morgan fingerprint density at radius 1 is 0.825 bits per heavy atom. The van der Waals surface area contributed by atoms with E-state index >= 15 is 0 Å². The van der Waals surface area contributed by atoms with E-state index in [1.54, 1.807) is 11.8 Å². The van der Waals surface area contributed by atoms with E-state index in [1.807, 2.05) is 19.1 Å². The molecule has 0 bridgehead atoms. The van der Waals surface area contributed by atoms with Crippen molar-refractivity contribution < 1.29 is 24.2 Å². The van der Waals surface area contributed by atoms with Crippen LogP contribution >= 0.6 is 11.8 Å². The number of carbonyl (C=O) groups excluding carboxylic acids is 2. The van der Waals surface area contributed by atoms with E-state index in [0.29, 0.717) is 56.2 Å². The van der Waals surface area contributed by atoms with Crippen LogP contribution in [0.4, 0.5) is 0 Å². The van der Waals surface area contributed by atoms with Gasteiger partial charge in [0.15, 0.2) is 0 Å².